The molecule has 1 aliphatic carbocycles. The number of nitrogens with zero attached hydrogens (tertiary/aromatic N) is 3. The summed E-state index contributed by atoms with van der Waals surface area (Å²) in [7, 11) is 0. The maximum atomic E-state index is 14.4. The van der Waals surface area contributed by atoms with E-state index in [1.54, 1.807) is 24.3 Å². The second-order valence-corrected chi connectivity index (χ2v) is 13.3. The van der Waals surface area contributed by atoms with Crippen LogP contribution in [0.15, 0.2) is 72.9 Å². The minimum atomic E-state index is -0.646. The van der Waals surface area contributed by atoms with Crippen LogP contribution in [0.1, 0.15) is 71.6 Å². The summed E-state index contributed by atoms with van der Waals surface area (Å²) in [5.74, 6) is -0.653. The third-order valence-electron chi connectivity index (χ3n) is 9.07. The standard InChI is InChI=1S/C38H43FN6O4/c1-23-6-4-9-34(42-23)37(48)44-31-13-11-30(12-14-31)43-36(47)33-18-29(39)19-40-38(33)49-32-8-5-7-26(17-32)27-10-15-35(46)28(16-27)22-45-20-24(2)41-25(3)21-45/h4-10,15-19,24-25,30-31,41,46H,11-14,20-22H2,1-3H3,(H,43,47)(H,44,48)/t24-,25+,30?,31?. The van der Waals surface area contributed by atoms with E-state index in [4.69, 9.17) is 4.74 Å². The third kappa shape index (κ3) is 8.79. The van der Waals surface area contributed by atoms with Crippen LogP contribution in [0.5, 0.6) is 17.4 Å². The molecule has 10 nitrogen and oxygen atoms in total. The number of aryl methyl sites for hydroxylation is 1. The van der Waals surface area contributed by atoms with E-state index in [0.717, 1.165) is 47.7 Å². The fourth-order valence-electron chi connectivity index (χ4n) is 6.80. The summed E-state index contributed by atoms with van der Waals surface area (Å²) in [5.41, 5.74) is 3.76. The number of carbonyl (C=O) groups excluding carboxylic acids is 2. The highest BCUT2D eigenvalue weighted by atomic mass is 19.1. The van der Waals surface area contributed by atoms with Crippen LogP contribution in [0.25, 0.3) is 11.1 Å². The second-order valence-electron chi connectivity index (χ2n) is 13.3. The lowest BCUT2D eigenvalue weighted by molar-refractivity contribution is 0.0887. The summed E-state index contributed by atoms with van der Waals surface area (Å²) in [5, 5.41) is 20.2. The van der Waals surface area contributed by atoms with Crippen LogP contribution >= 0.6 is 0 Å². The molecule has 2 aromatic heterocycles. The van der Waals surface area contributed by atoms with E-state index in [1.165, 1.54) is 0 Å². The van der Waals surface area contributed by atoms with Gasteiger partial charge in [-0.1, -0.05) is 24.3 Å². The zero-order valence-electron chi connectivity index (χ0n) is 28.1. The smallest absolute Gasteiger partial charge is 0.270 e. The van der Waals surface area contributed by atoms with Gasteiger partial charge in [-0.25, -0.2) is 14.4 Å². The van der Waals surface area contributed by atoms with Crippen molar-refractivity contribution in [3.05, 3.63) is 101 Å². The zero-order valence-corrected chi connectivity index (χ0v) is 28.1. The number of aromatic hydroxyl groups is 1. The Bertz CT molecular complexity index is 1800. The van der Waals surface area contributed by atoms with Gasteiger partial charge in [-0.2, -0.15) is 0 Å². The molecule has 3 heterocycles. The molecular weight excluding hydrogens is 623 g/mol. The average Bonchev–Trinajstić information content (AvgIpc) is 3.07. The minimum absolute atomic E-state index is 0.00208. The van der Waals surface area contributed by atoms with Gasteiger partial charge in [0.1, 0.15) is 28.6 Å². The number of nitrogens with one attached hydrogen (secondary N) is 3. The number of benzene rings is 2. The predicted octanol–water partition coefficient (Wildman–Crippen LogP) is 5.74. The molecule has 11 heteroatoms. The number of aromatic nitrogens is 2. The molecule has 1 aliphatic heterocycles. The topological polar surface area (TPSA) is 129 Å². The summed E-state index contributed by atoms with van der Waals surface area (Å²) in [6.45, 7) is 8.58. The number of phenols is 1. The zero-order chi connectivity index (χ0) is 34.5. The summed E-state index contributed by atoms with van der Waals surface area (Å²) >= 11 is 0. The van der Waals surface area contributed by atoms with Crippen LogP contribution in [-0.4, -0.2) is 69.0 Å². The number of hydrogen-bond acceptors (Lipinski definition) is 8. The van der Waals surface area contributed by atoms with E-state index in [-0.39, 0.29) is 35.2 Å². The van der Waals surface area contributed by atoms with Gasteiger partial charge in [0.2, 0.25) is 5.88 Å². The van der Waals surface area contributed by atoms with E-state index >= 15 is 0 Å². The first kappa shape index (κ1) is 34.0. The molecule has 4 N–H and O–H groups in total. The Hall–Kier alpha value is -4.87. The molecule has 1 saturated carbocycles. The van der Waals surface area contributed by atoms with Gasteiger partial charge in [0.05, 0.1) is 6.20 Å². The summed E-state index contributed by atoms with van der Waals surface area (Å²) in [6.07, 6.45) is 3.70. The van der Waals surface area contributed by atoms with Crippen LogP contribution in [0.2, 0.25) is 0 Å². The molecule has 4 aromatic rings. The van der Waals surface area contributed by atoms with Crippen LogP contribution < -0.4 is 20.7 Å². The molecule has 256 valence electrons. The number of halogens is 1. The molecule has 2 aliphatic rings. The van der Waals surface area contributed by atoms with E-state index < -0.39 is 11.7 Å². The SMILES string of the molecule is Cc1cccc(C(=O)NC2CCC(NC(=O)c3cc(F)cnc3Oc3cccc(-c4ccc(O)c(CN5C[C@@H](C)N[C@@H](C)C5)c4)c3)CC2)n1. The van der Waals surface area contributed by atoms with Gasteiger partial charge in [0.15, 0.2) is 0 Å². The van der Waals surface area contributed by atoms with Crippen molar-refractivity contribution in [3.63, 3.8) is 0 Å². The fourth-order valence-corrected chi connectivity index (χ4v) is 6.80. The number of pyridine rings is 2. The van der Waals surface area contributed by atoms with Crippen LogP contribution in [0.4, 0.5) is 4.39 Å². The molecule has 0 unspecified atom stereocenters. The van der Waals surface area contributed by atoms with Gasteiger partial charge in [0.25, 0.3) is 11.8 Å². The summed E-state index contributed by atoms with van der Waals surface area (Å²) in [6, 6.07) is 20.0. The highest BCUT2D eigenvalue weighted by Gasteiger charge is 2.27. The highest BCUT2D eigenvalue weighted by Crippen LogP contribution is 2.32. The van der Waals surface area contributed by atoms with Crippen molar-refractivity contribution in [2.45, 2.75) is 77.2 Å². The molecule has 49 heavy (non-hydrogen) atoms. The molecule has 0 spiro atoms. The Balaban J connectivity index is 1.10. The molecule has 1 saturated heterocycles. The second kappa shape index (κ2) is 15.1. The molecule has 2 aromatic carbocycles. The summed E-state index contributed by atoms with van der Waals surface area (Å²) < 4.78 is 20.4. The Morgan fingerprint density at radius 3 is 2.31 bits per heavy atom. The van der Waals surface area contributed by atoms with Gasteiger partial charge >= 0.3 is 0 Å². The third-order valence-corrected chi connectivity index (χ3v) is 9.07. The first-order chi connectivity index (χ1) is 23.6. The predicted molar refractivity (Wildman–Crippen MR) is 185 cm³/mol. The van der Waals surface area contributed by atoms with Crippen molar-refractivity contribution in [3.8, 4) is 28.5 Å². The fraction of sp³-hybridized carbons (Fsp3) is 0.368. The largest absolute Gasteiger partial charge is 0.508 e. The monoisotopic (exact) mass is 666 g/mol. The number of amides is 2. The van der Waals surface area contributed by atoms with Crippen molar-refractivity contribution >= 4 is 11.8 Å². The van der Waals surface area contributed by atoms with Gasteiger partial charge in [-0.05, 0) is 100 Å². The lowest BCUT2D eigenvalue weighted by atomic mass is 9.91. The first-order valence-electron chi connectivity index (χ1n) is 16.9. The Kier molecular flexibility index (Phi) is 10.5. The van der Waals surface area contributed by atoms with Crippen LogP contribution in [-0.2, 0) is 6.54 Å². The van der Waals surface area contributed by atoms with Crippen LogP contribution in [0, 0.1) is 12.7 Å². The van der Waals surface area contributed by atoms with E-state index in [1.807, 2.05) is 43.3 Å². The van der Waals surface area contributed by atoms with E-state index in [0.29, 0.717) is 55.8 Å². The Morgan fingerprint density at radius 2 is 1.59 bits per heavy atom. The van der Waals surface area contributed by atoms with Crippen LogP contribution in [0.3, 0.4) is 0 Å². The molecule has 6 rings (SSSR count). The number of piperazine rings is 1. The Labute approximate surface area is 286 Å². The molecule has 0 radical (unpaired) electrons. The number of phenolic OH excluding ortho intramolecular Hbond substituents is 1. The van der Waals surface area contributed by atoms with E-state index in [9.17, 15) is 19.1 Å². The van der Waals surface area contributed by atoms with E-state index in [2.05, 4.69) is 44.7 Å². The lowest BCUT2D eigenvalue weighted by Gasteiger charge is -2.36. The Morgan fingerprint density at radius 1 is 0.918 bits per heavy atom. The van der Waals surface area contributed by atoms with Crippen molar-refractivity contribution < 1.29 is 23.8 Å². The number of carbonyl (C=O) groups is 2. The van der Waals surface area contributed by atoms with Gasteiger partial charge in [-0.15, -0.1) is 0 Å². The first-order valence-corrected chi connectivity index (χ1v) is 16.9. The normalized spacial score (nSPS) is 21.1. The van der Waals surface area contributed by atoms with Gasteiger partial charge in [0, 0.05) is 55.1 Å². The summed E-state index contributed by atoms with van der Waals surface area (Å²) in [4.78, 5) is 36.8. The van der Waals surface area contributed by atoms with Crippen molar-refractivity contribution in [2.75, 3.05) is 13.1 Å². The molecule has 2 fully saturated rings. The maximum Gasteiger partial charge on any atom is 0.270 e. The molecule has 2 atom stereocenters. The molecule has 0 bridgehead atoms. The van der Waals surface area contributed by atoms with Gasteiger partial charge < -0.3 is 25.8 Å². The van der Waals surface area contributed by atoms with Crippen molar-refractivity contribution in [1.82, 2.24) is 30.8 Å². The van der Waals surface area contributed by atoms with Gasteiger partial charge in [-0.3, -0.25) is 14.5 Å². The quantitative estimate of drug-likeness (QED) is 0.178. The van der Waals surface area contributed by atoms with Crippen molar-refractivity contribution in [1.29, 1.82) is 0 Å². The van der Waals surface area contributed by atoms with Crippen molar-refractivity contribution in [2.24, 2.45) is 0 Å². The minimum Gasteiger partial charge on any atom is -0.508 e. The lowest BCUT2D eigenvalue weighted by Crippen LogP contribution is -2.53. The average molecular weight is 667 g/mol. The number of ether oxygens (including phenoxy) is 1. The maximum absolute atomic E-state index is 14.4. The highest BCUT2D eigenvalue weighted by molar-refractivity contribution is 5.96. The number of rotatable bonds is 9. The molecular formula is C38H43FN6O4. The molecule has 2 amide bonds. The number of hydrogen-bond donors (Lipinski definition) is 4.